The third-order valence-corrected chi connectivity index (χ3v) is 8.93. The highest BCUT2D eigenvalue weighted by Crippen LogP contribution is 2.12. The molecule has 0 aliphatic rings. The lowest BCUT2D eigenvalue weighted by Crippen LogP contribution is -2.59. The number of unbranched alkanes of at least 4 members (excludes halogenated alkanes) is 2. The van der Waals surface area contributed by atoms with Crippen LogP contribution in [0.25, 0.3) is 0 Å². The third-order valence-electron chi connectivity index (χ3n) is 8.93. The number of carbonyl (C=O) groups is 7. The van der Waals surface area contributed by atoms with E-state index >= 15 is 0 Å². The highest BCUT2D eigenvalue weighted by Gasteiger charge is 2.33. The van der Waals surface area contributed by atoms with E-state index in [4.69, 9.17) is 17.2 Å². The smallest absolute Gasteiger partial charge is 0.326 e. The van der Waals surface area contributed by atoms with Crippen molar-refractivity contribution in [2.45, 2.75) is 135 Å². The van der Waals surface area contributed by atoms with Gasteiger partial charge in [0.1, 0.15) is 30.2 Å². The van der Waals surface area contributed by atoms with E-state index in [1.807, 2.05) is 27.7 Å². The molecule has 1 rings (SSSR count). The van der Waals surface area contributed by atoms with E-state index < -0.39 is 84.1 Å². The molecule has 0 bridgehead atoms. The summed E-state index contributed by atoms with van der Waals surface area (Å²) >= 11 is 0. The van der Waals surface area contributed by atoms with Crippen molar-refractivity contribution in [1.29, 1.82) is 0 Å². The van der Waals surface area contributed by atoms with Gasteiger partial charge in [0, 0.05) is 24.7 Å². The number of imidazole rings is 1. The molecule has 54 heavy (non-hydrogen) atoms. The number of carboxylic acids is 2. The lowest BCUT2D eigenvalue weighted by molar-refractivity contribution is -0.142. The van der Waals surface area contributed by atoms with Gasteiger partial charge in [0.15, 0.2) is 0 Å². The predicted octanol–water partition coefficient (Wildman–Crippen LogP) is -0.997. The molecule has 0 aromatic carbocycles. The number of aliphatic carboxylic acids is 2. The Kier molecular flexibility index (Phi) is 22.3. The molecule has 0 fully saturated rings. The summed E-state index contributed by atoms with van der Waals surface area (Å²) in [6, 6.07) is -7.20. The van der Waals surface area contributed by atoms with Crippen LogP contribution in [0, 0.1) is 11.8 Å². The number of H-pyrrole nitrogens is 1. The van der Waals surface area contributed by atoms with Crippen LogP contribution in [0.5, 0.6) is 0 Å². The molecule has 0 spiro atoms. The largest absolute Gasteiger partial charge is 0.481 e. The molecular weight excluding hydrogens is 704 g/mol. The number of rotatable bonds is 28. The molecule has 19 nitrogen and oxygen atoms in total. The minimum absolute atomic E-state index is 0.0271. The Morgan fingerprint density at radius 3 is 1.57 bits per heavy atom. The zero-order valence-electron chi connectivity index (χ0n) is 31.9. The number of hydrogen-bond donors (Lipinski definition) is 11. The molecule has 19 heteroatoms. The zero-order valence-corrected chi connectivity index (χ0v) is 31.9. The molecule has 14 N–H and O–H groups in total. The van der Waals surface area contributed by atoms with Crippen molar-refractivity contribution < 1.29 is 43.8 Å². The van der Waals surface area contributed by atoms with E-state index in [1.54, 1.807) is 0 Å². The van der Waals surface area contributed by atoms with Crippen LogP contribution in [0.4, 0.5) is 0 Å². The van der Waals surface area contributed by atoms with Gasteiger partial charge in [-0.15, -0.1) is 0 Å². The standard InChI is InChI=1S/C35H62N10O9/c1-5-21(4)29(38)34(52)44-26(16-20(2)3)33(51)42-23(10-6-8-14-36)30(48)43-25(12-13-28(46)47)32(50)41-24(11-7-9-15-37)31(49)45-27(35(53)54)17-22-18-39-19-40-22/h18-21,23-27,29H,5-17,36-38H2,1-4H3,(H,39,40)(H,41,50)(H,42,51)(H,43,48)(H,44,52)(H,45,49)(H,46,47)(H,53,54)/t21-,23-,24-,25-,26-,27-,29-/m0/s1. The molecule has 0 unspecified atom stereocenters. The average Bonchev–Trinajstić information content (AvgIpc) is 3.63. The van der Waals surface area contributed by atoms with Crippen LogP contribution < -0.4 is 43.8 Å². The van der Waals surface area contributed by atoms with Crippen LogP contribution in [0.1, 0.15) is 97.6 Å². The Hall–Kier alpha value is -4.62. The van der Waals surface area contributed by atoms with Gasteiger partial charge in [-0.25, -0.2) is 9.78 Å². The number of amides is 5. The summed E-state index contributed by atoms with van der Waals surface area (Å²) in [5.41, 5.74) is 17.8. The first-order chi connectivity index (χ1) is 25.5. The lowest BCUT2D eigenvalue weighted by Gasteiger charge is -2.28. The van der Waals surface area contributed by atoms with Gasteiger partial charge in [0.25, 0.3) is 0 Å². The number of aromatic nitrogens is 2. The number of nitrogens with two attached hydrogens (primary N) is 3. The molecule has 1 heterocycles. The summed E-state index contributed by atoms with van der Waals surface area (Å²) in [6.07, 6.45) is 4.59. The van der Waals surface area contributed by atoms with E-state index in [-0.39, 0.29) is 43.9 Å². The topological polar surface area (TPSA) is 327 Å². The Morgan fingerprint density at radius 2 is 1.17 bits per heavy atom. The van der Waals surface area contributed by atoms with Crippen molar-refractivity contribution in [3.63, 3.8) is 0 Å². The summed E-state index contributed by atoms with van der Waals surface area (Å²) in [6.45, 7) is 8.04. The maximum Gasteiger partial charge on any atom is 0.326 e. The van der Waals surface area contributed by atoms with Crippen LogP contribution >= 0.6 is 0 Å². The Bertz CT molecular complexity index is 1340. The zero-order chi connectivity index (χ0) is 40.8. The maximum atomic E-state index is 13.8. The normalized spacial score (nSPS) is 15.1. The number of nitrogens with one attached hydrogen (secondary N) is 6. The molecule has 5 amide bonds. The Morgan fingerprint density at radius 1 is 0.704 bits per heavy atom. The van der Waals surface area contributed by atoms with Crippen molar-refractivity contribution in [3.8, 4) is 0 Å². The van der Waals surface area contributed by atoms with Gasteiger partial charge >= 0.3 is 11.9 Å². The number of carboxylic acid groups (broad SMARTS) is 2. The molecule has 0 radical (unpaired) electrons. The number of hydrogen-bond acceptors (Lipinski definition) is 11. The SMILES string of the molecule is CC[C@H](C)[C@H](N)C(=O)N[C@@H](CC(C)C)C(=O)N[C@@H](CCCCN)C(=O)N[C@@H](CCC(=O)O)C(=O)N[C@@H](CCCCN)C(=O)N[C@@H](Cc1cnc[nH]1)C(=O)O. The minimum atomic E-state index is -1.47. The Balaban J connectivity index is 3.30. The van der Waals surface area contributed by atoms with Crippen molar-refractivity contribution in [1.82, 2.24) is 36.6 Å². The monoisotopic (exact) mass is 766 g/mol. The molecule has 0 aliphatic heterocycles. The van der Waals surface area contributed by atoms with E-state index in [0.717, 1.165) is 0 Å². The van der Waals surface area contributed by atoms with Gasteiger partial charge < -0.3 is 59.0 Å². The summed E-state index contributed by atoms with van der Waals surface area (Å²) in [4.78, 5) is 97.6. The first kappa shape index (κ1) is 47.4. The fourth-order valence-corrected chi connectivity index (χ4v) is 5.45. The van der Waals surface area contributed by atoms with Crippen LogP contribution in [0.15, 0.2) is 12.5 Å². The van der Waals surface area contributed by atoms with Crippen molar-refractivity contribution in [2.24, 2.45) is 29.0 Å². The second-order valence-electron chi connectivity index (χ2n) is 14.0. The van der Waals surface area contributed by atoms with Crippen LogP contribution in [-0.2, 0) is 40.0 Å². The molecule has 0 aliphatic carbocycles. The Labute approximate surface area is 316 Å². The van der Waals surface area contributed by atoms with Crippen molar-refractivity contribution in [3.05, 3.63) is 18.2 Å². The number of carbonyl (C=O) groups excluding carboxylic acids is 5. The number of aromatic amines is 1. The van der Waals surface area contributed by atoms with E-state index in [2.05, 4.69) is 36.6 Å². The second-order valence-corrected chi connectivity index (χ2v) is 14.0. The fourth-order valence-electron chi connectivity index (χ4n) is 5.45. The summed E-state index contributed by atoms with van der Waals surface area (Å²) in [7, 11) is 0. The molecule has 306 valence electrons. The van der Waals surface area contributed by atoms with Crippen LogP contribution in [0.3, 0.4) is 0 Å². The quantitative estimate of drug-likeness (QED) is 0.0457. The molecule has 1 aromatic rings. The van der Waals surface area contributed by atoms with E-state index in [0.29, 0.717) is 50.9 Å². The van der Waals surface area contributed by atoms with Gasteiger partial charge in [-0.1, -0.05) is 34.1 Å². The van der Waals surface area contributed by atoms with Gasteiger partial charge in [-0.3, -0.25) is 28.8 Å². The lowest BCUT2D eigenvalue weighted by atomic mass is 9.97. The van der Waals surface area contributed by atoms with E-state index in [1.165, 1.54) is 12.5 Å². The average molecular weight is 767 g/mol. The highest BCUT2D eigenvalue weighted by atomic mass is 16.4. The molecule has 7 atom stereocenters. The van der Waals surface area contributed by atoms with E-state index in [9.17, 15) is 43.8 Å². The van der Waals surface area contributed by atoms with Crippen LogP contribution in [0.2, 0.25) is 0 Å². The fraction of sp³-hybridized carbons (Fsp3) is 0.714. The van der Waals surface area contributed by atoms with Gasteiger partial charge in [-0.05, 0) is 76.3 Å². The summed E-state index contributed by atoms with van der Waals surface area (Å²) in [5, 5.41) is 32.1. The van der Waals surface area contributed by atoms with Crippen molar-refractivity contribution >= 4 is 41.5 Å². The molecule has 1 aromatic heterocycles. The summed E-state index contributed by atoms with van der Waals surface area (Å²) < 4.78 is 0. The van der Waals surface area contributed by atoms with Crippen molar-refractivity contribution in [2.75, 3.05) is 13.1 Å². The summed E-state index contributed by atoms with van der Waals surface area (Å²) in [5.74, 6) is -6.42. The maximum absolute atomic E-state index is 13.8. The third kappa shape index (κ3) is 17.9. The van der Waals surface area contributed by atoms with Gasteiger partial charge in [0.05, 0.1) is 12.4 Å². The molecule has 0 saturated heterocycles. The van der Waals surface area contributed by atoms with Gasteiger partial charge in [-0.2, -0.15) is 0 Å². The van der Waals surface area contributed by atoms with Crippen LogP contribution in [-0.4, -0.2) is 111 Å². The first-order valence-corrected chi connectivity index (χ1v) is 18.6. The molecular formula is C35H62N10O9. The minimum Gasteiger partial charge on any atom is -0.481 e. The highest BCUT2D eigenvalue weighted by molar-refractivity contribution is 5.96. The van der Waals surface area contributed by atoms with Gasteiger partial charge in [0.2, 0.25) is 29.5 Å². The second kappa shape index (κ2) is 25.4. The molecule has 0 saturated carbocycles. The first-order valence-electron chi connectivity index (χ1n) is 18.6. The number of nitrogens with zero attached hydrogens (tertiary/aromatic N) is 1. The predicted molar refractivity (Wildman–Crippen MR) is 199 cm³/mol.